The van der Waals surface area contributed by atoms with Crippen molar-refractivity contribution in [1.29, 1.82) is 0 Å². The Balaban J connectivity index is 1.79. The van der Waals surface area contributed by atoms with Crippen molar-refractivity contribution in [3.63, 3.8) is 0 Å². The van der Waals surface area contributed by atoms with E-state index in [0.29, 0.717) is 30.1 Å². The highest BCUT2D eigenvalue weighted by molar-refractivity contribution is 7.09. The summed E-state index contributed by atoms with van der Waals surface area (Å²) in [5, 5.41) is 4.60. The zero-order chi connectivity index (χ0) is 19.1. The lowest BCUT2D eigenvalue weighted by Crippen LogP contribution is -2.29. The summed E-state index contributed by atoms with van der Waals surface area (Å²) in [5.41, 5.74) is 0.987. The number of furan rings is 1. The maximum Gasteiger partial charge on any atom is 0.411 e. The van der Waals surface area contributed by atoms with Crippen LogP contribution in [0.2, 0.25) is 0 Å². The number of hydrogen-bond donors (Lipinski definition) is 1. The van der Waals surface area contributed by atoms with E-state index in [0.717, 1.165) is 4.88 Å². The van der Waals surface area contributed by atoms with Gasteiger partial charge in [0.15, 0.2) is 0 Å². The Hall–Kier alpha value is -3.06. The highest BCUT2D eigenvalue weighted by Crippen LogP contribution is 2.19. The van der Waals surface area contributed by atoms with Gasteiger partial charge in [-0.15, -0.1) is 11.3 Å². The molecule has 1 N–H and O–H groups in total. The average Bonchev–Trinajstić information content (AvgIpc) is 3.35. The fourth-order valence-electron chi connectivity index (χ4n) is 2.58. The molecule has 27 heavy (non-hydrogen) atoms. The Morgan fingerprint density at radius 2 is 2.04 bits per heavy atom. The number of benzene rings is 1. The first-order valence-corrected chi connectivity index (χ1v) is 9.41. The molecular weight excluding hydrogens is 364 g/mol. The topological polar surface area (TPSA) is 71.8 Å². The van der Waals surface area contributed by atoms with Crippen molar-refractivity contribution in [3.8, 4) is 0 Å². The van der Waals surface area contributed by atoms with Crippen LogP contribution in [-0.4, -0.2) is 23.5 Å². The molecule has 0 spiro atoms. The monoisotopic (exact) mass is 384 g/mol. The number of ether oxygens (including phenoxy) is 1. The Labute approximate surface area is 161 Å². The molecule has 0 radical (unpaired) electrons. The smallest absolute Gasteiger partial charge is 0.411 e. The largest absolute Gasteiger partial charge is 0.467 e. The van der Waals surface area contributed by atoms with Gasteiger partial charge >= 0.3 is 6.09 Å². The Morgan fingerprint density at radius 3 is 2.74 bits per heavy atom. The van der Waals surface area contributed by atoms with Crippen LogP contribution in [0.3, 0.4) is 0 Å². The molecule has 2 amide bonds. The lowest BCUT2D eigenvalue weighted by Gasteiger charge is -2.21. The predicted molar refractivity (Wildman–Crippen MR) is 104 cm³/mol. The van der Waals surface area contributed by atoms with E-state index < -0.39 is 6.09 Å². The number of thiophene rings is 1. The molecule has 140 valence electrons. The van der Waals surface area contributed by atoms with E-state index in [9.17, 15) is 9.59 Å². The number of nitrogens with zero attached hydrogens (tertiary/aromatic N) is 1. The molecule has 7 heteroatoms. The molecule has 3 rings (SSSR count). The van der Waals surface area contributed by atoms with Crippen LogP contribution in [0.1, 0.15) is 27.9 Å². The first-order valence-electron chi connectivity index (χ1n) is 8.53. The normalized spacial score (nSPS) is 10.4. The minimum Gasteiger partial charge on any atom is -0.467 e. The van der Waals surface area contributed by atoms with Gasteiger partial charge in [-0.2, -0.15) is 0 Å². The molecule has 2 heterocycles. The molecule has 0 aliphatic heterocycles. The van der Waals surface area contributed by atoms with Crippen LogP contribution in [0.15, 0.2) is 64.6 Å². The van der Waals surface area contributed by atoms with Gasteiger partial charge < -0.3 is 14.1 Å². The first kappa shape index (κ1) is 18.7. The fourth-order valence-corrected chi connectivity index (χ4v) is 3.30. The predicted octanol–water partition coefficient (Wildman–Crippen LogP) is 4.75. The molecule has 0 aliphatic carbocycles. The van der Waals surface area contributed by atoms with Crippen LogP contribution in [0.5, 0.6) is 0 Å². The van der Waals surface area contributed by atoms with Crippen LogP contribution in [0.4, 0.5) is 10.5 Å². The summed E-state index contributed by atoms with van der Waals surface area (Å²) in [4.78, 5) is 27.5. The van der Waals surface area contributed by atoms with Crippen LogP contribution in [0, 0.1) is 0 Å². The Bertz CT molecular complexity index is 839. The van der Waals surface area contributed by atoms with Crippen molar-refractivity contribution in [3.05, 3.63) is 76.4 Å². The summed E-state index contributed by atoms with van der Waals surface area (Å²) >= 11 is 1.60. The van der Waals surface area contributed by atoms with Crippen molar-refractivity contribution >= 4 is 29.0 Å². The maximum absolute atomic E-state index is 13.1. The lowest BCUT2D eigenvalue weighted by atomic mass is 10.1. The van der Waals surface area contributed by atoms with Gasteiger partial charge in [-0.3, -0.25) is 10.1 Å². The second-order valence-electron chi connectivity index (χ2n) is 5.75. The van der Waals surface area contributed by atoms with E-state index in [1.807, 2.05) is 23.6 Å². The first-order chi connectivity index (χ1) is 13.2. The zero-order valence-electron chi connectivity index (χ0n) is 14.9. The van der Waals surface area contributed by atoms with Crippen molar-refractivity contribution < 1.29 is 18.7 Å². The van der Waals surface area contributed by atoms with E-state index in [-0.39, 0.29) is 12.5 Å². The molecular formula is C20H20N2O4S. The van der Waals surface area contributed by atoms with Crippen LogP contribution in [0.25, 0.3) is 0 Å². The average molecular weight is 384 g/mol. The lowest BCUT2D eigenvalue weighted by molar-refractivity contribution is 0.0719. The van der Waals surface area contributed by atoms with E-state index in [1.54, 1.807) is 59.8 Å². The number of amides is 2. The number of carbonyl (C=O) groups excluding carboxylic acids is 2. The summed E-state index contributed by atoms with van der Waals surface area (Å²) in [6.07, 6.45) is 1.04. The molecule has 3 aromatic rings. The molecule has 0 bridgehead atoms. The molecule has 0 saturated carbocycles. The number of nitrogens with one attached hydrogen (secondary N) is 1. The van der Waals surface area contributed by atoms with E-state index in [1.165, 1.54) is 0 Å². The van der Waals surface area contributed by atoms with Crippen LogP contribution < -0.4 is 5.32 Å². The number of rotatable bonds is 7. The zero-order valence-corrected chi connectivity index (χ0v) is 15.7. The second kappa shape index (κ2) is 9.05. The molecule has 0 aliphatic rings. The standard InChI is InChI=1S/C20H20N2O4S/c1-2-25-20(24)21-16-7-3-6-15(12-16)19(23)22(13-17-8-4-10-26-17)14-18-9-5-11-27-18/h3-12H,2,13-14H2,1H3,(H,21,24). The van der Waals surface area contributed by atoms with Crippen molar-refractivity contribution in [2.24, 2.45) is 0 Å². The van der Waals surface area contributed by atoms with E-state index in [2.05, 4.69) is 5.32 Å². The minimum absolute atomic E-state index is 0.146. The summed E-state index contributed by atoms with van der Waals surface area (Å²) in [6, 6.07) is 14.4. The third kappa shape index (κ3) is 5.21. The van der Waals surface area contributed by atoms with Crippen molar-refractivity contribution in [2.45, 2.75) is 20.0 Å². The van der Waals surface area contributed by atoms with Gasteiger partial charge in [0.25, 0.3) is 5.91 Å². The quantitative estimate of drug-likeness (QED) is 0.638. The van der Waals surface area contributed by atoms with Gasteiger partial charge in [0.05, 0.1) is 26.0 Å². The summed E-state index contributed by atoms with van der Waals surface area (Å²) in [6.45, 7) is 2.85. The molecule has 0 atom stereocenters. The third-order valence-electron chi connectivity index (χ3n) is 3.77. The highest BCUT2D eigenvalue weighted by Gasteiger charge is 2.19. The van der Waals surface area contributed by atoms with Crippen molar-refractivity contribution in [2.75, 3.05) is 11.9 Å². The molecule has 6 nitrogen and oxygen atoms in total. The summed E-state index contributed by atoms with van der Waals surface area (Å²) in [7, 11) is 0. The Morgan fingerprint density at radius 1 is 1.15 bits per heavy atom. The summed E-state index contributed by atoms with van der Waals surface area (Å²) in [5.74, 6) is 0.563. The third-order valence-corrected chi connectivity index (χ3v) is 4.63. The van der Waals surface area contributed by atoms with Gasteiger partial charge in [-0.25, -0.2) is 4.79 Å². The van der Waals surface area contributed by atoms with Crippen molar-refractivity contribution in [1.82, 2.24) is 4.90 Å². The Kier molecular flexibility index (Phi) is 6.27. The molecule has 2 aromatic heterocycles. The summed E-state index contributed by atoms with van der Waals surface area (Å²) < 4.78 is 10.3. The van der Waals surface area contributed by atoms with Gasteiger partial charge in [0, 0.05) is 16.1 Å². The highest BCUT2D eigenvalue weighted by atomic mass is 32.1. The van der Waals surface area contributed by atoms with E-state index in [4.69, 9.17) is 9.15 Å². The maximum atomic E-state index is 13.1. The van der Waals surface area contributed by atoms with E-state index >= 15 is 0 Å². The fraction of sp³-hybridized carbons (Fsp3) is 0.200. The molecule has 0 saturated heterocycles. The second-order valence-corrected chi connectivity index (χ2v) is 6.78. The van der Waals surface area contributed by atoms with Crippen LogP contribution >= 0.6 is 11.3 Å². The number of carbonyl (C=O) groups is 2. The number of hydrogen-bond acceptors (Lipinski definition) is 5. The van der Waals surface area contributed by atoms with Gasteiger partial charge in [-0.05, 0) is 48.7 Å². The number of anilines is 1. The van der Waals surface area contributed by atoms with Gasteiger partial charge in [-0.1, -0.05) is 12.1 Å². The van der Waals surface area contributed by atoms with Crippen LogP contribution in [-0.2, 0) is 17.8 Å². The SMILES string of the molecule is CCOC(=O)Nc1cccc(C(=O)N(Cc2ccco2)Cc2cccs2)c1. The van der Waals surface area contributed by atoms with Gasteiger partial charge in [0.2, 0.25) is 0 Å². The minimum atomic E-state index is -0.548. The van der Waals surface area contributed by atoms with Gasteiger partial charge in [0.1, 0.15) is 5.76 Å². The molecule has 1 aromatic carbocycles. The molecule has 0 unspecified atom stereocenters. The molecule has 0 fully saturated rings.